The van der Waals surface area contributed by atoms with Gasteiger partial charge < -0.3 is 41.3 Å². The Morgan fingerprint density at radius 2 is 1.66 bits per heavy atom. The van der Waals surface area contributed by atoms with Gasteiger partial charge in [0.1, 0.15) is 24.5 Å². The summed E-state index contributed by atoms with van der Waals surface area (Å²) in [6.07, 6.45) is 1.78. The van der Waals surface area contributed by atoms with Gasteiger partial charge in [0.05, 0.1) is 46.0 Å². The maximum atomic E-state index is 14.8. The quantitative estimate of drug-likeness (QED) is 0.0177. The summed E-state index contributed by atoms with van der Waals surface area (Å²) >= 11 is 3.41. The summed E-state index contributed by atoms with van der Waals surface area (Å²) in [5, 5.41) is 25.0. The van der Waals surface area contributed by atoms with Crippen LogP contribution in [-0.2, 0) is 23.9 Å². The lowest BCUT2D eigenvalue weighted by Gasteiger charge is -2.36. The van der Waals surface area contributed by atoms with Gasteiger partial charge in [-0.05, 0) is 122 Å². The van der Waals surface area contributed by atoms with Gasteiger partial charge in [0.25, 0.3) is 5.91 Å². The fourth-order valence-corrected chi connectivity index (χ4v) is 9.28. The number of alkyl halides is 1. The number of unbranched alkanes of at least 4 members (excludes halogenated alkanes) is 2. The summed E-state index contributed by atoms with van der Waals surface area (Å²) in [7, 11) is 0. The molecule has 2 aliphatic rings. The van der Waals surface area contributed by atoms with Crippen LogP contribution in [0.4, 0.5) is 28.9 Å². The second-order valence-corrected chi connectivity index (χ2v) is 20.9. The number of rotatable bonds is 24. The molecular weight excluding hydrogens is 1050 g/mol. The van der Waals surface area contributed by atoms with Gasteiger partial charge in [0.2, 0.25) is 17.7 Å². The van der Waals surface area contributed by atoms with Gasteiger partial charge >= 0.3 is 0 Å². The van der Waals surface area contributed by atoms with Crippen molar-refractivity contribution < 1.29 is 51.4 Å². The first-order valence-electron chi connectivity index (χ1n) is 23.3. The number of anilines is 2. The largest absolute Gasteiger partial charge is 0.391 e. The molecule has 4 aromatic rings. The number of halogens is 5. The molecule has 4 atom stereocenters. The minimum absolute atomic E-state index is 0.0666. The molecule has 20 heteroatoms. The molecule has 70 heavy (non-hydrogen) atoms. The topological polar surface area (TPSA) is 191 Å². The lowest BCUT2D eigenvalue weighted by atomic mass is 9.85. The lowest BCUT2D eigenvalue weighted by molar-refractivity contribution is -0.145. The minimum atomic E-state index is -2.02. The van der Waals surface area contributed by atoms with E-state index in [0.29, 0.717) is 41.6 Å². The molecule has 1 aliphatic heterocycles. The maximum absolute atomic E-state index is 14.8. The van der Waals surface area contributed by atoms with Crippen molar-refractivity contribution in [2.45, 2.75) is 109 Å². The summed E-state index contributed by atoms with van der Waals surface area (Å²) in [6.45, 7) is 8.42. The zero-order valence-corrected chi connectivity index (χ0v) is 42.5. The first-order valence-corrected chi connectivity index (χ1v) is 25.3. The Labute approximate surface area is 422 Å². The number of carbonyl (C=O) groups excluding carboxylic acids is 5. The van der Waals surface area contributed by atoms with Crippen LogP contribution in [0.2, 0.25) is 0 Å². The number of thiazole rings is 1. The molecule has 378 valence electrons. The molecule has 0 spiro atoms. The normalized spacial score (nSPS) is 17.1. The van der Waals surface area contributed by atoms with Gasteiger partial charge in [-0.15, -0.1) is 11.3 Å². The number of amides is 4. The summed E-state index contributed by atoms with van der Waals surface area (Å²) in [6, 6.07) is 10.5. The number of nitrogens with zero attached hydrogens (tertiary/aromatic N) is 2. The number of aromatic nitrogens is 1. The Balaban J connectivity index is 0.946. The molecule has 1 unspecified atom stereocenters. The third-order valence-electron chi connectivity index (χ3n) is 12.2. The first kappa shape index (κ1) is 54.3. The van der Waals surface area contributed by atoms with E-state index in [2.05, 4.69) is 31.6 Å². The van der Waals surface area contributed by atoms with Gasteiger partial charge in [-0.2, -0.15) is 0 Å². The molecule has 1 aromatic heterocycles. The Bertz CT molecular complexity index is 2500. The molecule has 2 fully saturated rings. The van der Waals surface area contributed by atoms with E-state index >= 15 is 0 Å². The molecule has 0 bridgehead atoms. The van der Waals surface area contributed by atoms with E-state index in [1.807, 2.05) is 53.8 Å². The summed E-state index contributed by atoms with van der Waals surface area (Å²) in [5.41, 5.74) is 0.572. The number of ketones is 1. The molecule has 1 aliphatic carbocycles. The smallest absolute Gasteiger partial charge is 0.258 e. The summed E-state index contributed by atoms with van der Waals surface area (Å²) < 4.78 is 64.1. The molecule has 3 aromatic carbocycles. The predicted octanol–water partition coefficient (Wildman–Crippen LogP) is 7.59. The highest BCUT2D eigenvalue weighted by molar-refractivity contribution is 14.1. The van der Waals surface area contributed by atoms with Crippen LogP contribution in [0, 0.1) is 33.4 Å². The molecule has 1 saturated carbocycles. The van der Waals surface area contributed by atoms with E-state index in [0.717, 1.165) is 41.1 Å². The third-order valence-corrected chi connectivity index (χ3v) is 13.8. The Morgan fingerprint density at radius 1 is 0.943 bits per heavy atom. The Morgan fingerprint density at radius 3 is 2.33 bits per heavy atom. The Hall–Kier alpha value is -5.03. The summed E-state index contributed by atoms with van der Waals surface area (Å²) in [4.78, 5) is 73.8. The molecule has 0 radical (unpaired) electrons. The second-order valence-electron chi connectivity index (χ2n) is 18.8. The first-order chi connectivity index (χ1) is 33.2. The van der Waals surface area contributed by atoms with Crippen LogP contribution < -0.4 is 26.6 Å². The van der Waals surface area contributed by atoms with Crippen molar-refractivity contribution in [2.24, 2.45) is 5.41 Å². The van der Waals surface area contributed by atoms with Crippen molar-refractivity contribution in [2.75, 3.05) is 44.7 Å². The van der Waals surface area contributed by atoms with E-state index in [9.17, 15) is 46.6 Å². The number of hydrogen-bond acceptors (Lipinski definition) is 11. The highest BCUT2D eigenvalue weighted by atomic mass is 127. The van der Waals surface area contributed by atoms with Crippen LogP contribution in [0.5, 0.6) is 0 Å². The lowest BCUT2D eigenvalue weighted by Crippen LogP contribution is -2.59. The molecule has 14 nitrogen and oxygen atoms in total. The SMILES string of the molecule is Cc1ncsc1-c1ccc([C@H](CC(=O)NCCCCCNCCCOCC(=O)c2ccc(F)c(F)c2Nc2ccc(I)cc2F)NC(=O)[C@@H]2C[C@@H](O)CN2C(=O)C(NC(=O)C2(F)CC2)C(C)(C)C)cc1. The minimum Gasteiger partial charge on any atom is -0.391 e. The number of carbonyl (C=O) groups is 5. The van der Waals surface area contributed by atoms with Crippen molar-refractivity contribution in [3.63, 3.8) is 0 Å². The highest BCUT2D eigenvalue weighted by Crippen LogP contribution is 2.41. The number of β-amino-alcohol motifs (C(OH)–C–C–N with tert-alkyl or cyclic N) is 1. The van der Waals surface area contributed by atoms with Crippen molar-refractivity contribution in [3.8, 4) is 10.4 Å². The zero-order chi connectivity index (χ0) is 50.8. The number of likely N-dealkylation sites (tertiary alicyclic amines) is 1. The van der Waals surface area contributed by atoms with Crippen molar-refractivity contribution in [3.05, 3.63) is 98.0 Å². The number of nitrogens with one attached hydrogen (secondary N) is 5. The molecule has 1 saturated heterocycles. The number of hydrogen-bond donors (Lipinski definition) is 6. The standard InChI is InChI=1S/C50H60F4IN7O7S/c1-29-44(70-28-58-29)31-11-9-30(10-12-31)38(60-46(66)39-24-33(63)26-62(39)47(67)45(49(2,3)4)61-48(68)50(54)17-18-50)25-41(65)57-21-7-5-6-19-56-20-8-22-69-27-40(64)34-14-15-35(51)42(53)43(34)59-37-16-13-32(55)23-36(37)52/h9-16,23,28,33,38-39,45,56,59,63H,5-8,17-22,24-27H2,1-4H3,(H,57,65)(H,60,66)(H,61,68)/t33-,38+,39+,45?/m1/s1. The van der Waals surface area contributed by atoms with E-state index in [4.69, 9.17) is 4.74 Å². The number of Topliss-reactive ketones (excluding diaryl/α,β-unsaturated/α-hetero) is 1. The molecule has 6 rings (SSSR count). The number of aryl methyl sites for hydroxylation is 1. The fourth-order valence-electron chi connectivity index (χ4n) is 8.02. The van der Waals surface area contributed by atoms with E-state index < -0.39 is 82.0 Å². The van der Waals surface area contributed by atoms with Crippen LogP contribution in [0.3, 0.4) is 0 Å². The second kappa shape index (κ2) is 24.4. The van der Waals surface area contributed by atoms with Gasteiger partial charge in [0, 0.05) is 35.3 Å². The summed E-state index contributed by atoms with van der Waals surface area (Å²) in [5.74, 6) is -6.16. The molecule has 4 amide bonds. The average molecular weight is 1110 g/mol. The molecule has 2 heterocycles. The number of benzene rings is 3. The van der Waals surface area contributed by atoms with Crippen molar-refractivity contribution in [1.82, 2.24) is 31.2 Å². The fraction of sp³-hybridized carbons (Fsp3) is 0.480. The Kier molecular flexibility index (Phi) is 18.9. The van der Waals surface area contributed by atoms with Gasteiger partial charge in [-0.3, -0.25) is 24.0 Å². The van der Waals surface area contributed by atoms with Gasteiger partial charge in [0.15, 0.2) is 23.1 Å². The van der Waals surface area contributed by atoms with E-state index in [-0.39, 0.29) is 62.6 Å². The van der Waals surface area contributed by atoms with Crippen LogP contribution in [0.25, 0.3) is 10.4 Å². The van der Waals surface area contributed by atoms with Crippen LogP contribution in [0.1, 0.15) is 99.8 Å². The number of aliphatic hydroxyl groups excluding tert-OH is 1. The highest BCUT2D eigenvalue weighted by Gasteiger charge is 2.53. The number of ether oxygens (including phenoxy) is 1. The molecular formula is C50H60F4IN7O7S. The maximum Gasteiger partial charge on any atom is 0.258 e. The van der Waals surface area contributed by atoms with Gasteiger partial charge in [-0.25, -0.2) is 22.5 Å². The van der Waals surface area contributed by atoms with E-state index in [1.54, 1.807) is 32.3 Å². The van der Waals surface area contributed by atoms with Crippen LogP contribution >= 0.6 is 33.9 Å². The molecule has 6 N–H and O–H groups in total. The van der Waals surface area contributed by atoms with Crippen molar-refractivity contribution in [1.29, 1.82) is 0 Å². The third kappa shape index (κ3) is 14.5. The average Bonchev–Trinajstić information content (AvgIpc) is 3.72. The van der Waals surface area contributed by atoms with Crippen LogP contribution in [0.15, 0.2) is 60.1 Å². The predicted molar refractivity (Wildman–Crippen MR) is 267 cm³/mol. The monoisotopic (exact) mass is 1110 g/mol. The zero-order valence-electron chi connectivity index (χ0n) is 39.6. The number of aliphatic hydroxyl groups is 1. The van der Waals surface area contributed by atoms with Crippen LogP contribution in [-0.4, -0.2) is 108 Å². The van der Waals surface area contributed by atoms with E-state index in [1.165, 1.54) is 28.4 Å². The van der Waals surface area contributed by atoms with Gasteiger partial charge in [-0.1, -0.05) is 51.5 Å². The van der Waals surface area contributed by atoms with Crippen molar-refractivity contribution >= 4 is 74.7 Å².